The van der Waals surface area contributed by atoms with Gasteiger partial charge in [-0.1, -0.05) is 0 Å². The fourth-order valence-corrected chi connectivity index (χ4v) is 1.06. The highest BCUT2D eigenvalue weighted by molar-refractivity contribution is 4.91. The molecule has 1 N–H and O–H groups in total. The van der Waals surface area contributed by atoms with Crippen LogP contribution in [0.25, 0.3) is 0 Å². The van der Waals surface area contributed by atoms with E-state index in [0.717, 1.165) is 25.5 Å². The van der Waals surface area contributed by atoms with Crippen molar-refractivity contribution < 1.29 is 4.74 Å². The Bertz CT molecular complexity index is 222. The van der Waals surface area contributed by atoms with Crippen molar-refractivity contribution in [3.63, 3.8) is 0 Å². The van der Waals surface area contributed by atoms with E-state index in [2.05, 4.69) is 14.9 Å². The summed E-state index contributed by atoms with van der Waals surface area (Å²) in [6.07, 6.45) is 3.77. The molecule has 1 heterocycles. The number of methoxy groups -OCH3 is 1. The maximum Gasteiger partial charge on any atom is 0.122 e. The van der Waals surface area contributed by atoms with Crippen LogP contribution in [-0.4, -0.2) is 30.3 Å². The Kier molecular flexibility index (Phi) is 3.76. The molecule has 1 rings (SSSR count). The highest BCUT2D eigenvalue weighted by atomic mass is 16.5. The van der Waals surface area contributed by atoms with Crippen molar-refractivity contribution in [3.05, 3.63) is 18.2 Å². The van der Waals surface area contributed by atoms with Gasteiger partial charge in [-0.05, 0) is 7.05 Å². The minimum Gasteiger partial charge on any atom is -0.383 e. The summed E-state index contributed by atoms with van der Waals surface area (Å²) in [5, 5.41) is 3.06. The molecule has 0 atom stereocenters. The van der Waals surface area contributed by atoms with Gasteiger partial charge in [0, 0.05) is 26.0 Å². The van der Waals surface area contributed by atoms with Crippen molar-refractivity contribution in [2.75, 3.05) is 20.8 Å². The summed E-state index contributed by atoms with van der Waals surface area (Å²) in [6, 6.07) is 0. The van der Waals surface area contributed by atoms with Gasteiger partial charge in [0.1, 0.15) is 5.82 Å². The number of aromatic nitrogens is 2. The average Bonchev–Trinajstić information content (AvgIpc) is 2.50. The molecule has 1 aromatic heterocycles. The summed E-state index contributed by atoms with van der Waals surface area (Å²) in [5.74, 6) is 1.05. The first-order valence-corrected chi connectivity index (χ1v) is 4.02. The number of rotatable bonds is 5. The predicted octanol–water partition coefficient (Wildman–Crippen LogP) is 0.249. The van der Waals surface area contributed by atoms with Crippen molar-refractivity contribution in [1.82, 2.24) is 14.9 Å². The first-order chi connectivity index (χ1) is 5.88. The Morgan fingerprint density at radius 3 is 3.17 bits per heavy atom. The van der Waals surface area contributed by atoms with E-state index >= 15 is 0 Å². The molecule has 0 unspecified atom stereocenters. The standard InChI is InChI=1S/C8H15N3O/c1-9-7-8-10-3-4-11(8)5-6-12-2/h3-4,9H,5-7H2,1-2H3. The van der Waals surface area contributed by atoms with Gasteiger partial charge >= 0.3 is 0 Å². The molecule has 0 aliphatic heterocycles. The quantitative estimate of drug-likeness (QED) is 0.686. The van der Waals surface area contributed by atoms with Gasteiger partial charge in [0.05, 0.1) is 13.2 Å². The lowest BCUT2D eigenvalue weighted by molar-refractivity contribution is 0.186. The molecule has 0 amide bonds. The number of imidazole rings is 1. The van der Waals surface area contributed by atoms with Crippen molar-refractivity contribution in [2.24, 2.45) is 0 Å². The Balaban J connectivity index is 2.51. The molecule has 0 aliphatic carbocycles. The zero-order chi connectivity index (χ0) is 8.81. The largest absolute Gasteiger partial charge is 0.383 e. The highest BCUT2D eigenvalue weighted by Gasteiger charge is 1.99. The second-order valence-electron chi connectivity index (χ2n) is 2.56. The maximum absolute atomic E-state index is 4.98. The molecule has 12 heavy (non-hydrogen) atoms. The molecule has 0 bridgehead atoms. The average molecular weight is 169 g/mol. The lowest BCUT2D eigenvalue weighted by Crippen LogP contribution is -2.13. The van der Waals surface area contributed by atoms with E-state index in [-0.39, 0.29) is 0 Å². The Hall–Kier alpha value is -0.870. The van der Waals surface area contributed by atoms with Gasteiger partial charge in [-0.15, -0.1) is 0 Å². The second-order valence-corrected chi connectivity index (χ2v) is 2.56. The third kappa shape index (κ3) is 2.32. The SMILES string of the molecule is CNCc1nccn1CCOC. The molecule has 0 fully saturated rings. The van der Waals surface area contributed by atoms with Gasteiger partial charge in [-0.25, -0.2) is 4.98 Å². The van der Waals surface area contributed by atoms with E-state index in [1.165, 1.54) is 0 Å². The van der Waals surface area contributed by atoms with E-state index in [1.54, 1.807) is 7.11 Å². The predicted molar refractivity (Wildman–Crippen MR) is 46.9 cm³/mol. The van der Waals surface area contributed by atoms with E-state index in [1.807, 2.05) is 19.4 Å². The minimum atomic E-state index is 0.729. The molecule has 0 saturated carbocycles. The van der Waals surface area contributed by atoms with E-state index < -0.39 is 0 Å². The number of nitrogens with one attached hydrogen (secondary N) is 1. The molecule has 1 aromatic rings. The molecule has 0 saturated heterocycles. The van der Waals surface area contributed by atoms with Crippen molar-refractivity contribution >= 4 is 0 Å². The molecule has 0 spiro atoms. The fraction of sp³-hybridized carbons (Fsp3) is 0.625. The summed E-state index contributed by atoms with van der Waals surface area (Å²) >= 11 is 0. The van der Waals surface area contributed by atoms with Gasteiger partial charge in [-0.2, -0.15) is 0 Å². The first-order valence-electron chi connectivity index (χ1n) is 4.02. The Labute approximate surface area is 72.6 Å². The highest BCUT2D eigenvalue weighted by Crippen LogP contribution is 1.96. The van der Waals surface area contributed by atoms with Crippen LogP contribution in [0.3, 0.4) is 0 Å². The molecule has 4 heteroatoms. The van der Waals surface area contributed by atoms with E-state index in [9.17, 15) is 0 Å². The summed E-state index contributed by atoms with van der Waals surface area (Å²) in [4.78, 5) is 4.20. The summed E-state index contributed by atoms with van der Waals surface area (Å²) in [5.41, 5.74) is 0. The zero-order valence-electron chi connectivity index (χ0n) is 7.58. The zero-order valence-corrected chi connectivity index (χ0v) is 7.58. The monoisotopic (exact) mass is 169 g/mol. The Morgan fingerprint density at radius 2 is 2.50 bits per heavy atom. The number of hydrogen-bond acceptors (Lipinski definition) is 3. The van der Waals surface area contributed by atoms with Crippen molar-refractivity contribution in [2.45, 2.75) is 13.1 Å². The van der Waals surface area contributed by atoms with Crippen LogP contribution in [0.1, 0.15) is 5.82 Å². The Morgan fingerprint density at radius 1 is 1.67 bits per heavy atom. The lowest BCUT2D eigenvalue weighted by atomic mass is 10.5. The first kappa shape index (κ1) is 9.22. The molecule has 0 radical (unpaired) electrons. The number of ether oxygens (including phenoxy) is 1. The van der Waals surface area contributed by atoms with Crippen LogP contribution >= 0.6 is 0 Å². The fourth-order valence-electron chi connectivity index (χ4n) is 1.06. The lowest BCUT2D eigenvalue weighted by Gasteiger charge is -2.05. The van der Waals surface area contributed by atoms with Crippen LogP contribution in [0.5, 0.6) is 0 Å². The van der Waals surface area contributed by atoms with Crippen molar-refractivity contribution in [3.8, 4) is 0 Å². The van der Waals surface area contributed by atoms with E-state index in [0.29, 0.717) is 0 Å². The molecule has 68 valence electrons. The number of hydrogen-bond donors (Lipinski definition) is 1. The molecular weight excluding hydrogens is 154 g/mol. The molecule has 0 aromatic carbocycles. The summed E-state index contributed by atoms with van der Waals surface area (Å²) in [7, 11) is 3.62. The van der Waals surface area contributed by atoms with Crippen molar-refractivity contribution in [1.29, 1.82) is 0 Å². The second kappa shape index (κ2) is 4.90. The van der Waals surface area contributed by atoms with Crippen LogP contribution in [0.4, 0.5) is 0 Å². The third-order valence-corrected chi connectivity index (χ3v) is 1.67. The van der Waals surface area contributed by atoms with Gasteiger partial charge < -0.3 is 14.6 Å². The van der Waals surface area contributed by atoms with Crippen LogP contribution in [-0.2, 0) is 17.8 Å². The van der Waals surface area contributed by atoms with Gasteiger partial charge in [-0.3, -0.25) is 0 Å². The minimum absolute atomic E-state index is 0.729. The van der Waals surface area contributed by atoms with Gasteiger partial charge in [0.25, 0.3) is 0 Å². The van der Waals surface area contributed by atoms with E-state index in [4.69, 9.17) is 4.74 Å². The smallest absolute Gasteiger partial charge is 0.122 e. The molecule has 0 aliphatic rings. The summed E-state index contributed by atoms with van der Waals surface area (Å²) in [6.45, 7) is 2.40. The van der Waals surface area contributed by atoms with Gasteiger partial charge in [0.15, 0.2) is 0 Å². The summed E-state index contributed by atoms with van der Waals surface area (Å²) < 4.78 is 7.06. The van der Waals surface area contributed by atoms with Crippen LogP contribution in [0.15, 0.2) is 12.4 Å². The normalized spacial score (nSPS) is 10.5. The maximum atomic E-state index is 4.98. The third-order valence-electron chi connectivity index (χ3n) is 1.67. The molecular formula is C8H15N3O. The van der Waals surface area contributed by atoms with Crippen LogP contribution in [0.2, 0.25) is 0 Å². The number of nitrogens with zero attached hydrogens (tertiary/aromatic N) is 2. The topological polar surface area (TPSA) is 39.1 Å². The van der Waals surface area contributed by atoms with Crippen LogP contribution < -0.4 is 5.32 Å². The van der Waals surface area contributed by atoms with Gasteiger partial charge in [0.2, 0.25) is 0 Å². The molecule has 4 nitrogen and oxygen atoms in total. The van der Waals surface area contributed by atoms with Crippen LogP contribution in [0, 0.1) is 0 Å².